The molecule has 6 heteroatoms. The average molecular weight is 311 g/mol. The summed E-state index contributed by atoms with van der Waals surface area (Å²) in [6.45, 7) is 5.65. The van der Waals surface area contributed by atoms with Gasteiger partial charge in [0.2, 0.25) is 5.91 Å². The van der Waals surface area contributed by atoms with Gasteiger partial charge in [0, 0.05) is 24.4 Å². The summed E-state index contributed by atoms with van der Waals surface area (Å²) < 4.78 is 5.92. The highest BCUT2D eigenvalue weighted by Crippen LogP contribution is 2.32. The van der Waals surface area contributed by atoms with Crippen molar-refractivity contribution >= 4 is 28.6 Å². The van der Waals surface area contributed by atoms with E-state index in [2.05, 4.69) is 13.8 Å². The van der Waals surface area contributed by atoms with Gasteiger partial charge in [0.15, 0.2) is 10.9 Å². The van der Waals surface area contributed by atoms with Crippen molar-refractivity contribution in [3.63, 3.8) is 0 Å². The molecule has 21 heavy (non-hydrogen) atoms. The number of ether oxygens (including phenoxy) is 1. The Bertz CT molecular complexity index is 488. The van der Waals surface area contributed by atoms with Gasteiger partial charge in [0.25, 0.3) is 0 Å². The van der Waals surface area contributed by atoms with Gasteiger partial charge in [0.05, 0.1) is 12.5 Å². The molecule has 2 aliphatic rings. The fraction of sp³-hybridized carbons (Fsp3) is 0.667. The quantitative estimate of drug-likeness (QED) is 0.744. The molecule has 0 aromatic rings. The molecule has 0 saturated carbocycles. The summed E-state index contributed by atoms with van der Waals surface area (Å²) in [5.41, 5.74) is 0.519. The molecule has 116 valence electrons. The molecule has 0 bridgehead atoms. The topological polar surface area (TPSA) is 63.7 Å². The third-order valence-electron chi connectivity index (χ3n) is 3.94. The van der Waals surface area contributed by atoms with E-state index >= 15 is 0 Å². The van der Waals surface area contributed by atoms with Crippen molar-refractivity contribution in [2.45, 2.75) is 52.4 Å². The Morgan fingerprint density at radius 3 is 2.76 bits per heavy atom. The zero-order valence-corrected chi connectivity index (χ0v) is 13.4. The Hall–Kier alpha value is -1.14. The normalized spacial score (nSPS) is 29.8. The Morgan fingerprint density at radius 1 is 1.48 bits per heavy atom. The number of ketones is 1. The first kappa shape index (κ1) is 16.2. The van der Waals surface area contributed by atoms with E-state index in [0.29, 0.717) is 17.2 Å². The maximum atomic E-state index is 12.1. The molecule has 3 atom stereocenters. The molecule has 0 aromatic heterocycles. The number of thioether (sulfide) groups is 1. The van der Waals surface area contributed by atoms with Gasteiger partial charge in [0.1, 0.15) is 6.23 Å². The van der Waals surface area contributed by atoms with Crippen LogP contribution >= 0.6 is 11.8 Å². The second-order valence-electron chi connectivity index (χ2n) is 5.59. The highest BCUT2D eigenvalue weighted by Gasteiger charge is 2.38. The zero-order chi connectivity index (χ0) is 15.6. The summed E-state index contributed by atoms with van der Waals surface area (Å²) >= 11 is 1.09. The van der Waals surface area contributed by atoms with Crippen LogP contribution in [0.3, 0.4) is 0 Å². The number of rotatable bonds is 4. The third kappa shape index (κ3) is 3.74. The molecule has 5 nitrogen and oxygen atoms in total. The molecule has 0 radical (unpaired) electrons. The van der Waals surface area contributed by atoms with Gasteiger partial charge in [-0.3, -0.25) is 19.3 Å². The van der Waals surface area contributed by atoms with Crippen molar-refractivity contribution in [1.82, 2.24) is 4.90 Å². The first-order chi connectivity index (χ1) is 9.92. The van der Waals surface area contributed by atoms with E-state index in [-0.39, 0.29) is 35.6 Å². The van der Waals surface area contributed by atoms with E-state index < -0.39 is 0 Å². The molecule has 2 aliphatic heterocycles. The SMILES string of the molecule is CC[C@H]1O[C@@H](N2C=C(CSC(C)=O)C(=O)CC2=O)C[C@@H]1C. The number of hydrogen-bond acceptors (Lipinski definition) is 5. The Labute approximate surface area is 129 Å². The Balaban J connectivity index is 2.12. The van der Waals surface area contributed by atoms with E-state index in [4.69, 9.17) is 4.74 Å². The van der Waals surface area contributed by atoms with Crippen molar-refractivity contribution in [3.05, 3.63) is 11.8 Å². The van der Waals surface area contributed by atoms with E-state index in [1.807, 2.05) is 0 Å². The number of amides is 1. The van der Waals surface area contributed by atoms with Crippen LogP contribution in [0.4, 0.5) is 0 Å². The van der Waals surface area contributed by atoms with Gasteiger partial charge in [-0.2, -0.15) is 0 Å². The predicted octanol–water partition coefficient (Wildman–Crippen LogP) is 2.11. The maximum Gasteiger partial charge on any atom is 0.236 e. The minimum atomic E-state index is -0.289. The van der Waals surface area contributed by atoms with Crippen molar-refractivity contribution < 1.29 is 19.1 Å². The molecular weight excluding hydrogens is 290 g/mol. The Morgan fingerprint density at radius 2 is 2.19 bits per heavy atom. The van der Waals surface area contributed by atoms with Crippen LogP contribution in [0.1, 0.15) is 40.0 Å². The fourth-order valence-electron chi connectivity index (χ4n) is 2.73. The average Bonchev–Trinajstić information content (AvgIpc) is 2.78. The van der Waals surface area contributed by atoms with E-state index in [1.165, 1.54) is 6.92 Å². The third-order valence-corrected chi connectivity index (χ3v) is 4.80. The number of carbonyl (C=O) groups is 3. The van der Waals surface area contributed by atoms with Crippen LogP contribution in [0.2, 0.25) is 0 Å². The molecule has 0 unspecified atom stereocenters. The zero-order valence-electron chi connectivity index (χ0n) is 12.6. The van der Waals surface area contributed by atoms with Gasteiger partial charge in [-0.15, -0.1) is 0 Å². The van der Waals surface area contributed by atoms with Crippen LogP contribution < -0.4 is 0 Å². The second-order valence-corrected chi connectivity index (χ2v) is 6.74. The highest BCUT2D eigenvalue weighted by molar-refractivity contribution is 8.13. The lowest BCUT2D eigenvalue weighted by Crippen LogP contribution is -2.41. The monoisotopic (exact) mass is 311 g/mol. The smallest absolute Gasteiger partial charge is 0.236 e. The van der Waals surface area contributed by atoms with Gasteiger partial charge >= 0.3 is 0 Å². The highest BCUT2D eigenvalue weighted by atomic mass is 32.2. The minimum absolute atomic E-state index is 0.0380. The molecular formula is C15H21NO4S. The second kappa shape index (κ2) is 6.75. The van der Waals surface area contributed by atoms with Crippen molar-refractivity contribution in [1.29, 1.82) is 0 Å². The van der Waals surface area contributed by atoms with Gasteiger partial charge in [-0.25, -0.2) is 0 Å². The summed E-state index contributed by atoms with van der Waals surface area (Å²) in [6.07, 6.45) is 3.01. The lowest BCUT2D eigenvalue weighted by molar-refractivity contribution is -0.143. The van der Waals surface area contributed by atoms with E-state index in [9.17, 15) is 14.4 Å². The lowest BCUT2D eigenvalue weighted by atomic mass is 10.0. The molecule has 0 spiro atoms. The number of carbonyl (C=O) groups excluding carboxylic acids is 3. The molecule has 1 fully saturated rings. The lowest BCUT2D eigenvalue weighted by Gasteiger charge is -2.29. The number of nitrogens with zero attached hydrogens (tertiary/aromatic N) is 1. The molecule has 1 amide bonds. The molecule has 1 saturated heterocycles. The molecule has 2 heterocycles. The molecule has 0 aromatic carbocycles. The fourth-order valence-corrected chi connectivity index (χ4v) is 3.33. The van der Waals surface area contributed by atoms with Crippen LogP contribution in [-0.4, -0.2) is 39.8 Å². The maximum absolute atomic E-state index is 12.1. The minimum Gasteiger partial charge on any atom is -0.354 e. The molecule has 0 aliphatic carbocycles. The van der Waals surface area contributed by atoms with Crippen molar-refractivity contribution in [2.24, 2.45) is 5.92 Å². The van der Waals surface area contributed by atoms with E-state index in [1.54, 1.807) is 11.1 Å². The van der Waals surface area contributed by atoms with Crippen LogP contribution in [0.25, 0.3) is 0 Å². The van der Waals surface area contributed by atoms with Crippen LogP contribution in [0.5, 0.6) is 0 Å². The summed E-state index contributed by atoms with van der Waals surface area (Å²) in [7, 11) is 0. The van der Waals surface area contributed by atoms with Crippen LogP contribution in [-0.2, 0) is 19.1 Å². The van der Waals surface area contributed by atoms with Crippen molar-refractivity contribution in [2.75, 3.05) is 5.75 Å². The standard InChI is InChI=1S/C15H21NO4S/c1-4-13-9(2)5-15(20-13)16-7-11(8-21-10(3)17)12(18)6-14(16)19/h7,9,13,15H,4-6,8H2,1-3H3/t9-,13+,15+/m0/s1. The van der Waals surface area contributed by atoms with Gasteiger partial charge in [-0.05, 0) is 18.8 Å². The largest absolute Gasteiger partial charge is 0.354 e. The first-order valence-corrected chi connectivity index (χ1v) is 8.24. The van der Waals surface area contributed by atoms with Gasteiger partial charge < -0.3 is 4.74 Å². The van der Waals surface area contributed by atoms with Gasteiger partial charge in [-0.1, -0.05) is 25.6 Å². The molecule has 2 rings (SSSR count). The summed E-state index contributed by atoms with van der Waals surface area (Å²) in [4.78, 5) is 36.5. The summed E-state index contributed by atoms with van der Waals surface area (Å²) in [6, 6.07) is 0. The summed E-state index contributed by atoms with van der Waals surface area (Å²) in [5.74, 6) is 0.305. The van der Waals surface area contributed by atoms with Crippen LogP contribution in [0.15, 0.2) is 11.8 Å². The number of hydrogen-bond donors (Lipinski definition) is 0. The van der Waals surface area contributed by atoms with Crippen LogP contribution in [0, 0.1) is 5.92 Å². The van der Waals surface area contributed by atoms with Crippen molar-refractivity contribution in [3.8, 4) is 0 Å². The predicted molar refractivity (Wildman–Crippen MR) is 80.4 cm³/mol. The van der Waals surface area contributed by atoms with E-state index in [0.717, 1.165) is 24.6 Å². The Kier molecular flexibility index (Phi) is 5.22. The summed E-state index contributed by atoms with van der Waals surface area (Å²) in [5, 5.41) is -0.0380. The molecule has 0 N–H and O–H groups in total. The first-order valence-electron chi connectivity index (χ1n) is 7.26. The number of Topliss-reactive ketones (excluding diaryl/α,β-unsaturated/α-hetero) is 1.